The van der Waals surface area contributed by atoms with Crippen LogP contribution in [0.1, 0.15) is 25.1 Å². The average molecular weight is 367 g/mol. The highest BCUT2D eigenvalue weighted by molar-refractivity contribution is 7.15. The second-order valence-corrected chi connectivity index (χ2v) is 8.96. The van der Waals surface area contributed by atoms with Crippen LogP contribution in [0.25, 0.3) is 0 Å². The van der Waals surface area contributed by atoms with E-state index in [2.05, 4.69) is 33.8 Å². The summed E-state index contributed by atoms with van der Waals surface area (Å²) in [7, 11) is 1.34. The summed E-state index contributed by atoms with van der Waals surface area (Å²) < 4.78 is 4.62. The maximum Gasteiger partial charge on any atom is 0.310 e. The molecule has 1 saturated carbocycles. The van der Waals surface area contributed by atoms with Crippen LogP contribution in [-0.2, 0) is 20.7 Å². The number of likely N-dealkylation sites (tertiary alicyclic amines) is 1. The summed E-state index contributed by atoms with van der Waals surface area (Å²) in [5.74, 6) is -0.0125. The molecule has 0 unspecified atom stereocenters. The zero-order chi connectivity index (χ0) is 18.2. The highest BCUT2D eigenvalue weighted by Crippen LogP contribution is 2.62. The third kappa shape index (κ3) is 3.56. The summed E-state index contributed by atoms with van der Waals surface area (Å²) in [5.41, 5.74) is 0.185. The first-order valence-corrected chi connectivity index (χ1v) is 9.24. The van der Waals surface area contributed by atoms with Gasteiger partial charge in [0.05, 0.1) is 26.7 Å². The maximum absolute atomic E-state index is 12.3. The summed E-state index contributed by atoms with van der Waals surface area (Å²) in [5, 5.41) is 13.1. The van der Waals surface area contributed by atoms with Gasteiger partial charge in [-0.1, -0.05) is 13.8 Å². The number of thiazole rings is 1. The molecule has 1 saturated heterocycles. The van der Waals surface area contributed by atoms with Crippen molar-refractivity contribution in [2.24, 2.45) is 16.7 Å². The van der Waals surface area contributed by atoms with Crippen molar-refractivity contribution in [1.82, 2.24) is 9.88 Å². The summed E-state index contributed by atoms with van der Waals surface area (Å²) >= 11 is 1.28. The van der Waals surface area contributed by atoms with Crippen molar-refractivity contribution in [3.63, 3.8) is 0 Å². The zero-order valence-corrected chi connectivity index (χ0v) is 15.7. The summed E-state index contributed by atoms with van der Waals surface area (Å²) in [6, 6.07) is 0. The number of methoxy groups -OCH3 is 1. The molecule has 8 heteroatoms. The van der Waals surface area contributed by atoms with Gasteiger partial charge in [-0.15, -0.1) is 11.3 Å². The van der Waals surface area contributed by atoms with Crippen LogP contribution >= 0.6 is 11.3 Å². The fourth-order valence-electron chi connectivity index (χ4n) is 4.59. The van der Waals surface area contributed by atoms with Gasteiger partial charge in [0, 0.05) is 29.6 Å². The van der Waals surface area contributed by atoms with Crippen molar-refractivity contribution in [3.8, 4) is 0 Å². The minimum absolute atomic E-state index is 0.0430. The number of hydrogen-bond acceptors (Lipinski definition) is 7. The van der Waals surface area contributed by atoms with Gasteiger partial charge in [-0.3, -0.25) is 14.5 Å². The molecule has 2 N–H and O–H groups in total. The number of carbonyl (C=O) groups is 2. The van der Waals surface area contributed by atoms with Gasteiger partial charge in [0.25, 0.3) is 0 Å². The van der Waals surface area contributed by atoms with Crippen LogP contribution in [0.15, 0.2) is 6.20 Å². The van der Waals surface area contributed by atoms with Gasteiger partial charge in [-0.2, -0.15) is 0 Å². The molecule has 2 aliphatic rings. The predicted octanol–water partition coefficient (Wildman–Crippen LogP) is 1.14. The third-order valence-corrected chi connectivity index (χ3v) is 6.41. The molecule has 1 aromatic rings. The highest BCUT2D eigenvalue weighted by atomic mass is 32.1. The molecule has 0 spiro atoms. The molecule has 2 fully saturated rings. The van der Waals surface area contributed by atoms with Crippen molar-refractivity contribution in [1.29, 1.82) is 0 Å². The topological polar surface area (TPSA) is 91.8 Å². The lowest BCUT2D eigenvalue weighted by molar-refractivity contribution is -0.139. The monoisotopic (exact) mass is 367 g/mol. The van der Waals surface area contributed by atoms with Gasteiger partial charge in [-0.05, 0) is 17.8 Å². The number of hydrogen-bond donors (Lipinski definition) is 2. The number of nitrogens with zero attached hydrogens (tertiary/aromatic N) is 2. The maximum atomic E-state index is 12.3. The van der Waals surface area contributed by atoms with Gasteiger partial charge in [0.15, 0.2) is 5.13 Å². The van der Waals surface area contributed by atoms with E-state index in [1.807, 2.05) is 0 Å². The molecule has 2 heterocycles. The van der Waals surface area contributed by atoms with E-state index in [0.717, 1.165) is 24.4 Å². The molecule has 3 rings (SSSR count). The number of aliphatic hydroxyl groups excluding tert-OH is 1. The molecule has 0 aromatic carbocycles. The molecule has 1 aromatic heterocycles. The van der Waals surface area contributed by atoms with Crippen molar-refractivity contribution >= 4 is 28.3 Å². The lowest BCUT2D eigenvalue weighted by Crippen LogP contribution is -2.54. The standard InChI is InChI=1S/C17H25N3O4S/c1-16(2)8-17(10-21)9-20(6-12(16)17)7-13(22)19-15-18-5-11(25-15)4-14(23)24-3/h5,12,21H,4,6-10H2,1-3H3,(H,18,19,22)/t12-,17-/m1/s1. The molecular weight excluding hydrogens is 342 g/mol. The second kappa shape index (κ2) is 6.66. The third-order valence-electron chi connectivity index (χ3n) is 5.50. The fourth-order valence-corrected chi connectivity index (χ4v) is 5.40. The molecule has 7 nitrogen and oxygen atoms in total. The molecule has 1 aliphatic carbocycles. The van der Waals surface area contributed by atoms with Crippen molar-refractivity contribution in [3.05, 3.63) is 11.1 Å². The lowest BCUT2D eigenvalue weighted by atomic mass is 9.48. The van der Waals surface area contributed by atoms with E-state index in [9.17, 15) is 14.7 Å². The van der Waals surface area contributed by atoms with Gasteiger partial charge in [-0.25, -0.2) is 4.98 Å². The number of anilines is 1. The van der Waals surface area contributed by atoms with Crippen LogP contribution in [0.4, 0.5) is 5.13 Å². The van der Waals surface area contributed by atoms with Crippen LogP contribution in [0.3, 0.4) is 0 Å². The van der Waals surface area contributed by atoms with Gasteiger partial charge >= 0.3 is 5.97 Å². The summed E-state index contributed by atoms with van der Waals surface area (Å²) in [4.78, 5) is 30.6. The van der Waals surface area contributed by atoms with Crippen LogP contribution in [0.5, 0.6) is 0 Å². The minimum Gasteiger partial charge on any atom is -0.469 e. The van der Waals surface area contributed by atoms with Crippen LogP contribution in [0.2, 0.25) is 0 Å². The molecule has 1 amide bonds. The first-order chi connectivity index (χ1) is 11.8. The Morgan fingerprint density at radius 3 is 2.88 bits per heavy atom. The van der Waals surface area contributed by atoms with Crippen molar-refractivity contribution in [2.45, 2.75) is 26.7 Å². The van der Waals surface area contributed by atoms with Crippen molar-refractivity contribution < 1.29 is 19.4 Å². The number of ether oxygens (including phenoxy) is 1. The summed E-state index contributed by atoms with van der Waals surface area (Å²) in [6.07, 6.45) is 2.74. The van der Waals surface area contributed by atoms with Crippen LogP contribution in [0, 0.1) is 16.7 Å². The smallest absolute Gasteiger partial charge is 0.310 e. The number of aromatic nitrogens is 1. The zero-order valence-electron chi connectivity index (χ0n) is 14.9. The minimum atomic E-state index is -0.328. The van der Waals surface area contributed by atoms with E-state index in [4.69, 9.17) is 0 Å². The number of carbonyl (C=O) groups excluding carboxylic acids is 2. The highest BCUT2D eigenvalue weighted by Gasteiger charge is 2.62. The van der Waals surface area contributed by atoms with E-state index in [1.54, 1.807) is 6.20 Å². The Morgan fingerprint density at radius 2 is 2.28 bits per heavy atom. The Balaban J connectivity index is 1.53. The molecule has 25 heavy (non-hydrogen) atoms. The largest absolute Gasteiger partial charge is 0.469 e. The van der Waals surface area contributed by atoms with Gasteiger partial charge in [0.1, 0.15) is 0 Å². The number of fused-ring (bicyclic) bond motifs is 1. The molecule has 138 valence electrons. The van der Waals surface area contributed by atoms with Gasteiger partial charge < -0.3 is 15.2 Å². The van der Waals surface area contributed by atoms with E-state index >= 15 is 0 Å². The number of esters is 1. The SMILES string of the molecule is COC(=O)Cc1cnc(NC(=O)CN2C[C@@H]3C(C)(C)C[C@]3(CO)C2)s1. The van der Waals surface area contributed by atoms with E-state index < -0.39 is 0 Å². The second-order valence-electron chi connectivity index (χ2n) is 7.84. The Hall–Kier alpha value is -1.51. The average Bonchev–Trinajstić information content (AvgIpc) is 3.10. The molecule has 0 bridgehead atoms. The molecule has 2 atom stereocenters. The van der Waals surface area contributed by atoms with Gasteiger partial charge in [0.2, 0.25) is 5.91 Å². The Morgan fingerprint density at radius 1 is 1.52 bits per heavy atom. The predicted molar refractivity (Wildman–Crippen MR) is 94.3 cm³/mol. The quantitative estimate of drug-likeness (QED) is 0.733. The number of nitrogens with one attached hydrogen (secondary N) is 1. The first kappa shape index (κ1) is 18.3. The van der Waals surface area contributed by atoms with Crippen LogP contribution in [-0.4, -0.2) is 60.2 Å². The van der Waals surface area contributed by atoms with Crippen molar-refractivity contribution in [2.75, 3.05) is 38.7 Å². The molecular formula is C17H25N3O4S. The molecule has 0 radical (unpaired) electrons. The van der Waals surface area contributed by atoms with E-state index in [0.29, 0.717) is 17.6 Å². The fraction of sp³-hybridized carbons (Fsp3) is 0.706. The van der Waals surface area contributed by atoms with Crippen LogP contribution < -0.4 is 5.32 Å². The Kier molecular flexibility index (Phi) is 4.87. The first-order valence-electron chi connectivity index (χ1n) is 8.42. The number of rotatable bonds is 6. The number of aliphatic hydroxyl groups is 1. The Labute approximate surface area is 151 Å². The lowest BCUT2D eigenvalue weighted by Gasteiger charge is -2.56. The Bertz CT molecular complexity index is 675. The normalized spacial score (nSPS) is 27.4. The molecule has 1 aliphatic heterocycles. The van der Waals surface area contributed by atoms with E-state index in [-0.39, 0.29) is 35.7 Å². The van der Waals surface area contributed by atoms with E-state index in [1.165, 1.54) is 18.4 Å². The summed E-state index contributed by atoms with van der Waals surface area (Å²) in [6.45, 7) is 6.53. The number of amides is 1.